The van der Waals surface area contributed by atoms with Crippen molar-refractivity contribution >= 4 is 0 Å². The van der Waals surface area contributed by atoms with Crippen LogP contribution in [0.3, 0.4) is 0 Å². The maximum Gasteiger partial charge on any atom is 0.153 e. The molecule has 90 valence electrons. The van der Waals surface area contributed by atoms with E-state index < -0.39 is 6.04 Å². The van der Waals surface area contributed by atoms with Crippen molar-refractivity contribution in [2.45, 2.75) is 25.8 Å². The van der Waals surface area contributed by atoms with E-state index in [9.17, 15) is 4.39 Å². The zero-order valence-electron chi connectivity index (χ0n) is 9.81. The smallest absolute Gasteiger partial charge is 0.153 e. The average molecular weight is 234 g/mol. The van der Waals surface area contributed by atoms with Crippen LogP contribution in [-0.2, 0) is 0 Å². The van der Waals surface area contributed by atoms with Crippen molar-refractivity contribution in [2.24, 2.45) is 5.73 Å². The van der Waals surface area contributed by atoms with Crippen LogP contribution in [0.1, 0.15) is 43.0 Å². The third kappa shape index (κ3) is 2.50. The van der Waals surface area contributed by atoms with Gasteiger partial charge in [0.05, 0.1) is 6.04 Å². The van der Waals surface area contributed by atoms with Crippen molar-refractivity contribution in [3.63, 3.8) is 0 Å². The molecule has 0 saturated heterocycles. The van der Waals surface area contributed by atoms with E-state index in [0.29, 0.717) is 5.82 Å². The number of nitrogens with two attached hydrogens (primary N) is 1. The first kappa shape index (κ1) is 11.7. The molecule has 0 unspecified atom stereocenters. The average Bonchev–Trinajstić information content (AvgIpc) is 2.78. The number of nitrogens with one attached hydrogen (secondary N) is 1. The molecule has 0 bridgehead atoms. The van der Waals surface area contributed by atoms with Gasteiger partial charge in [-0.05, 0) is 17.7 Å². The molecule has 2 aromatic rings. The first-order valence-corrected chi connectivity index (χ1v) is 5.51. The molecule has 0 fully saturated rings. The van der Waals surface area contributed by atoms with Crippen molar-refractivity contribution in [2.75, 3.05) is 0 Å². The van der Waals surface area contributed by atoms with Gasteiger partial charge >= 0.3 is 0 Å². The number of rotatable bonds is 3. The van der Waals surface area contributed by atoms with Crippen LogP contribution in [0.2, 0.25) is 0 Å². The molecule has 0 radical (unpaired) electrons. The van der Waals surface area contributed by atoms with E-state index in [4.69, 9.17) is 5.73 Å². The predicted octanol–water partition coefficient (Wildman–Crippen LogP) is 2.12. The van der Waals surface area contributed by atoms with E-state index in [2.05, 4.69) is 15.2 Å². The normalized spacial score (nSPS) is 13.0. The lowest BCUT2D eigenvalue weighted by Gasteiger charge is -2.08. The van der Waals surface area contributed by atoms with Crippen molar-refractivity contribution in [1.29, 1.82) is 0 Å². The molecule has 0 aliphatic carbocycles. The fourth-order valence-electron chi connectivity index (χ4n) is 1.51. The molecule has 0 aliphatic rings. The second-order valence-corrected chi connectivity index (χ2v) is 4.26. The first-order chi connectivity index (χ1) is 8.08. The molecule has 2 rings (SSSR count). The maximum atomic E-state index is 12.8. The largest absolute Gasteiger partial charge is 0.318 e. The lowest BCUT2D eigenvalue weighted by Crippen LogP contribution is -2.13. The highest BCUT2D eigenvalue weighted by Gasteiger charge is 2.15. The molecule has 1 heterocycles. The Morgan fingerprint density at radius 3 is 2.41 bits per heavy atom. The summed E-state index contributed by atoms with van der Waals surface area (Å²) >= 11 is 0. The number of aromatic amines is 1. The highest BCUT2D eigenvalue weighted by atomic mass is 19.1. The number of aromatic nitrogens is 3. The monoisotopic (exact) mass is 234 g/mol. The molecule has 17 heavy (non-hydrogen) atoms. The number of benzene rings is 1. The van der Waals surface area contributed by atoms with Gasteiger partial charge in [0.15, 0.2) is 5.82 Å². The summed E-state index contributed by atoms with van der Waals surface area (Å²) in [6, 6.07) is 5.66. The fraction of sp³-hybridized carbons (Fsp3) is 0.333. The quantitative estimate of drug-likeness (QED) is 0.854. The Morgan fingerprint density at radius 1 is 1.24 bits per heavy atom. The minimum atomic E-state index is -0.407. The van der Waals surface area contributed by atoms with Gasteiger partial charge in [0, 0.05) is 5.92 Å². The van der Waals surface area contributed by atoms with Gasteiger partial charge < -0.3 is 5.73 Å². The van der Waals surface area contributed by atoms with E-state index in [1.165, 1.54) is 12.1 Å². The minimum Gasteiger partial charge on any atom is -0.318 e. The topological polar surface area (TPSA) is 67.6 Å². The van der Waals surface area contributed by atoms with E-state index in [1.54, 1.807) is 12.1 Å². The SMILES string of the molecule is CC(C)c1n[nH]c([C@@H](N)c2ccc(F)cc2)n1. The zero-order valence-corrected chi connectivity index (χ0v) is 9.81. The fourth-order valence-corrected chi connectivity index (χ4v) is 1.51. The second kappa shape index (κ2) is 4.63. The molecule has 1 aromatic carbocycles. The third-order valence-electron chi connectivity index (χ3n) is 2.56. The molecule has 4 nitrogen and oxygen atoms in total. The van der Waals surface area contributed by atoms with Crippen molar-refractivity contribution in [3.05, 3.63) is 47.3 Å². The Kier molecular flexibility index (Phi) is 3.19. The highest BCUT2D eigenvalue weighted by Crippen LogP contribution is 2.18. The van der Waals surface area contributed by atoms with Gasteiger partial charge in [-0.3, -0.25) is 5.10 Å². The molecular weight excluding hydrogens is 219 g/mol. The van der Waals surface area contributed by atoms with Gasteiger partial charge in [0.2, 0.25) is 0 Å². The number of hydrogen-bond donors (Lipinski definition) is 2. The summed E-state index contributed by atoms with van der Waals surface area (Å²) in [5, 5.41) is 6.91. The van der Waals surface area contributed by atoms with Crippen LogP contribution >= 0.6 is 0 Å². The van der Waals surface area contributed by atoms with E-state index in [-0.39, 0.29) is 11.7 Å². The van der Waals surface area contributed by atoms with Crippen LogP contribution in [0.4, 0.5) is 4.39 Å². The van der Waals surface area contributed by atoms with Gasteiger partial charge in [-0.25, -0.2) is 9.37 Å². The van der Waals surface area contributed by atoms with Crippen LogP contribution in [-0.4, -0.2) is 15.2 Å². The van der Waals surface area contributed by atoms with E-state index in [0.717, 1.165) is 11.4 Å². The van der Waals surface area contributed by atoms with Gasteiger partial charge in [-0.1, -0.05) is 26.0 Å². The molecule has 0 saturated carbocycles. The van der Waals surface area contributed by atoms with Crippen LogP contribution in [0.5, 0.6) is 0 Å². The standard InChI is InChI=1S/C12H15FN4/c1-7(2)11-15-12(17-16-11)10(14)8-3-5-9(13)6-4-8/h3-7,10H,14H2,1-2H3,(H,15,16,17)/t10-/m0/s1. The Morgan fingerprint density at radius 2 is 1.88 bits per heavy atom. The lowest BCUT2D eigenvalue weighted by atomic mass is 10.1. The lowest BCUT2D eigenvalue weighted by molar-refractivity contribution is 0.626. The summed E-state index contributed by atoms with van der Waals surface area (Å²) < 4.78 is 12.8. The number of H-pyrrole nitrogens is 1. The highest BCUT2D eigenvalue weighted by molar-refractivity contribution is 5.24. The number of nitrogens with zero attached hydrogens (tertiary/aromatic N) is 2. The van der Waals surface area contributed by atoms with Crippen LogP contribution in [0.15, 0.2) is 24.3 Å². The van der Waals surface area contributed by atoms with Crippen molar-refractivity contribution in [3.8, 4) is 0 Å². The molecule has 1 atom stereocenters. The van der Waals surface area contributed by atoms with E-state index in [1.807, 2.05) is 13.8 Å². The second-order valence-electron chi connectivity index (χ2n) is 4.26. The summed E-state index contributed by atoms with van der Waals surface area (Å²) in [5.74, 6) is 1.31. The molecule has 1 aromatic heterocycles. The summed E-state index contributed by atoms with van der Waals surface area (Å²) in [5.41, 5.74) is 6.83. The van der Waals surface area contributed by atoms with Crippen LogP contribution in [0, 0.1) is 5.82 Å². The predicted molar refractivity (Wildman–Crippen MR) is 62.9 cm³/mol. The Balaban J connectivity index is 2.24. The van der Waals surface area contributed by atoms with Gasteiger partial charge in [-0.15, -0.1) is 0 Å². The minimum absolute atomic E-state index is 0.250. The zero-order chi connectivity index (χ0) is 12.4. The summed E-state index contributed by atoms with van der Waals surface area (Å²) in [6.45, 7) is 4.02. The number of halogens is 1. The molecule has 5 heteroatoms. The maximum absolute atomic E-state index is 12.8. The van der Waals surface area contributed by atoms with Crippen LogP contribution in [0.25, 0.3) is 0 Å². The first-order valence-electron chi connectivity index (χ1n) is 5.51. The van der Waals surface area contributed by atoms with Crippen LogP contribution < -0.4 is 5.73 Å². The summed E-state index contributed by atoms with van der Waals surface area (Å²) in [7, 11) is 0. The number of hydrogen-bond acceptors (Lipinski definition) is 3. The Labute approximate surface area is 99.1 Å². The van der Waals surface area contributed by atoms with Gasteiger partial charge in [-0.2, -0.15) is 5.10 Å². The molecule has 0 amide bonds. The molecular formula is C12H15FN4. The van der Waals surface area contributed by atoms with Crippen molar-refractivity contribution < 1.29 is 4.39 Å². The van der Waals surface area contributed by atoms with Gasteiger partial charge in [0.25, 0.3) is 0 Å². The van der Waals surface area contributed by atoms with Gasteiger partial charge in [0.1, 0.15) is 11.6 Å². The third-order valence-corrected chi connectivity index (χ3v) is 2.56. The van der Waals surface area contributed by atoms with Crippen molar-refractivity contribution in [1.82, 2.24) is 15.2 Å². The summed E-state index contributed by atoms with van der Waals surface area (Å²) in [6.07, 6.45) is 0. The Bertz CT molecular complexity index is 489. The molecule has 0 aliphatic heterocycles. The summed E-state index contributed by atoms with van der Waals surface area (Å²) in [4.78, 5) is 4.32. The molecule has 3 N–H and O–H groups in total. The Hall–Kier alpha value is -1.75. The van der Waals surface area contributed by atoms with E-state index >= 15 is 0 Å². The molecule has 0 spiro atoms.